The molecular formula is C51H31N3O2. The number of fused-ring (bicyclic) bond motifs is 6. The average Bonchev–Trinajstić information content (AvgIpc) is 3.84. The summed E-state index contributed by atoms with van der Waals surface area (Å²) in [4.78, 5) is 14.7. The highest BCUT2D eigenvalue weighted by Gasteiger charge is 2.19. The van der Waals surface area contributed by atoms with Gasteiger partial charge in [-0.1, -0.05) is 146 Å². The molecule has 0 spiro atoms. The number of aromatic nitrogens is 3. The van der Waals surface area contributed by atoms with Crippen LogP contribution in [0, 0.1) is 0 Å². The fourth-order valence-corrected chi connectivity index (χ4v) is 7.86. The largest absolute Gasteiger partial charge is 0.456 e. The molecule has 262 valence electrons. The van der Waals surface area contributed by atoms with Crippen LogP contribution in [0.3, 0.4) is 0 Å². The summed E-state index contributed by atoms with van der Waals surface area (Å²) in [6, 6.07) is 64.7. The maximum absolute atomic E-state index is 6.53. The molecule has 0 saturated heterocycles. The molecule has 0 aliphatic rings. The van der Waals surface area contributed by atoms with Crippen LogP contribution >= 0.6 is 0 Å². The predicted molar refractivity (Wildman–Crippen MR) is 227 cm³/mol. The summed E-state index contributed by atoms with van der Waals surface area (Å²) in [5.41, 5.74) is 12.9. The van der Waals surface area contributed by atoms with Gasteiger partial charge in [-0.3, -0.25) is 0 Å². The van der Waals surface area contributed by atoms with E-state index in [-0.39, 0.29) is 0 Å². The van der Waals surface area contributed by atoms with E-state index in [1.54, 1.807) is 0 Å². The van der Waals surface area contributed by atoms with Gasteiger partial charge in [0.1, 0.15) is 22.3 Å². The summed E-state index contributed by atoms with van der Waals surface area (Å²) in [6.07, 6.45) is 0. The van der Waals surface area contributed by atoms with E-state index in [0.29, 0.717) is 17.5 Å². The number of para-hydroxylation sites is 1. The van der Waals surface area contributed by atoms with Crippen LogP contribution in [0.2, 0.25) is 0 Å². The first-order valence-corrected chi connectivity index (χ1v) is 18.7. The third-order valence-corrected chi connectivity index (χ3v) is 10.6. The average molecular weight is 718 g/mol. The van der Waals surface area contributed by atoms with Gasteiger partial charge >= 0.3 is 0 Å². The van der Waals surface area contributed by atoms with Gasteiger partial charge in [-0.25, -0.2) is 15.0 Å². The number of hydrogen-bond donors (Lipinski definition) is 0. The lowest BCUT2D eigenvalue weighted by Gasteiger charge is -2.16. The first-order valence-electron chi connectivity index (χ1n) is 18.7. The van der Waals surface area contributed by atoms with Crippen molar-refractivity contribution < 1.29 is 8.83 Å². The Morgan fingerprint density at radius 2 is 0.714 bits per heavy atom. The molecule has 5 heteroatoms. The van der Waals surface area contributed by atoms with Crippen molar-refractivity contribution in [1.82, 2.24) is 15.0 Å². The van der Waals surface area contributed by atoms with Crippen molar-refractivity contribution >= 4 is 43.9 Å². The van der Waals surface area contributed by atoms with Crippen LogP contribution in [-0.2, 0) is 0 Å². The van der Waals surface area contributed by atoms with Gasteiger partial charge < -0.3 is 8.83 Å². The van der Waals surface area contributed by atoms with Crippen molar-refractivity contribution in [2.45, 2.75) is 0 Å². The Morgan fingerprint density at radius 1 is 0.268 bits per heavy atom. The molecule has 0 N–H and O–H groups in total. The third-order valence-electron chi connectivity index (χ3n) is 10.6. The zero-order valence-electron chi connectivity index (χ0n) is 30.1. The Morgan fingerprint density at radius 3 is 1.36 bits per heavy atom. The Kier molecular flexibility index (Phi) is 7.42. The van der Waals surface area contributed by atoms with Crippen LogP contribution in [-0.4, -0.2) is 15.0 Å². The molecule has 8 aromatic carbocycles. The van der Waals surface area contributed by atoms with Crippen molar-refractivity contribution in [3.63, 3.8) is 0 Å². The molecule has 3 heterocycles. The number of nitrogens with zero attached hydrogens (tertiary/aromatic N) is 3. The van der Waals surface area contributed by atoms with Crippen LogP contribution in [0.5, 0.6) is 0 Å². The molecule has 11 aromatic rings. The van der Waals surface area contributed by atoms with Gasteiger partial charge in [-0.05, 0) is 75.8 Å². The van der Waals surface area contributed by atoms with Crippen LogP contribution in [0.4, 0.5) is 0 Å². The molecule has 0 atom stereocenters. The lowest BCUT2D eigenvalue weighted by Crippen LogP contribution is -2.00. The zero-order chi connectivity index (χ0) is 37.0. The monoisotopic (exact) mass is 717 g/mol. The number of rotatable bonds is 6. The highest BCUT2D eigenvalue weighted by atomic mass is 16.3. The molecule has 0 fully saturated rings. The third kappa shape index (κ3) is 5.45. The van der Waals surface area contributed by atoms with E-state index >= 15 is 0 Å². The second-order valence-corrected chi connectivity index (χ2v) is 14.0. The van der Waals surface area contributed by atoms with Gasteiger partial charge in [0.05, 0.1) is 0 Å². The minimum atomic E-state index is 0.589. The second-order valence-electron chi connectivity index (χ2n) is 14.0. The minimum Gasteiger partial charge on any atom is -0.456 e. The quantitative estimate of drug-likeness (QED) is 0.171. The van der Waals surface area contributed by atoms with E-state index in [4.69, 9.17) is 23.8 Å². The predicted octanol–water partition coefficient (Wildman–Crippen LogP) is 13.7. The maximum atomic E-state index is 6.53. The summed E-state index contributed by atoms with van der Waals surface area (Å²) in [7, 11) is 0. The highest BCUT2D eigenvalue weighted by Crippen LogP contribution is 2.43. The lowest BCUT2D eigenvalue weighted by atomic mass is 9.87. The van der Waals surface area contributed by atoms with Crippen molar-refractivity contribution in [2.75, 3.05) is 0 Å². The topological polar surface area (TPSA) is 65.0 Å². The van der Waals surface area contributed by atoms with Crippen molar-refractivity contribution in [2.24, 2.45) is 0 Å². The van der Waals surface area contributed by atoms with Gasteiger partial charge in [0, 0.05) is 38.2 Å². The van der Waals surface area contributed by atoms with Crippen molar-refractivity contribution in [3.05, 3.63) is 188 Å². The second kappa shape index (κ2) is 13.0. The summed E-state index contributed by atoms with van der Waals surface area (Å²) in [5.74, 6) is 1.83. The molecule has 0 aliphatic heterocycles. The molecule has 5 nitrogen and oxygen atoms in total. The van der Waals surface area contributed by atoms with E-state index in [0.717, 1.165) is 93.9 Å². The Hall–Kier alpha value is -7.63. The Bertz CT molecular complexity index is 3180. The molecule has 11 rings (SSSR count). The minimum absolute atomic E-state index is 0.589. The lowest BCUT2D eigenvalue weighted by molar-refractivity contribution is 0.668. The molecule has 0 amide bonds. The van der Waals surface area contributed by atoms with Gasteiger partial charge in [0.2, 0.25) is 0 Å². The van der Waals surface area contributed by atoms with Crippen LogP contribution in [0.15, 0.2) is 197 Å². The van der Waals surface area contributed by atoms with E-state index in [1.165, 1.54) is 0 Å². The summed E-state index contributed by atoms with van der Waals surface area (Å²) >= 11 is 0. The van der Waals surface area contributed by atoms with Crippen molar-refractivity contribution in [3.8, 4) is 67.5 Å². The fourth-order valence-electron chi connectivity index (χ4n) is 7.86. The number of furan rings is 2. The van der Waals surface area contributed by atoms with Gasteiger partial charge in [0.25, 0.3) is 0 Å². The molecule has 0 bridgehead atoms. The Balaban J connectivity index is 1.04. The first kappa shape index (κ1) is 31.9. The molecule has 0 saturated carbocycles. The van der Waals surface area contributed by atoms with Gasteiger partial charge in [0.15, 0.2) is 17.5 Å². The molecule has 0 aliphatic carbocycles. The fraction of sp³-hybridized carbons (Fsp3) is 0. The maximum Gasteiger partial charge on any atom is 0.164 e. The van der Waals surface area contributed by atoms with Crippen molar-refractivity contribution in [1.29, 1.82) is 0 Å². The zero-order valence-corrected chi connectivity index (χ0v) is 30.1. The van der Waals surface area contributed by atoms with Gasteiger partial charge in [-0.2, -0.15) is 0 Å². The summed E-state index contributed by atoms with van der Waals surface area (Å²) < 4.78 is 12.8. The van der Waals surface area contributed by atoms with E-state index in [9.17, 15) is 0 Å². The first-order chi connectivity index (χ1) is 27.7. The van der Waals surface area contributed by atoms with Gasteiger partial charge in [-0.15, -0.1) is 0 Å². The molecular weight excluding hydrogens is 687 g/mol. The summed E-state index contributed by atoms with van der Waals surface area (Å²) in [6.45, 7) is 0. The molecule has 0 radical (unpaired) electrons. The van der Waals surface area contributed by atoms with Crippen LogP contribution < -0.4 is 0 Å². The van der Waals surface area contributed by atoms with Crippen LogP contribution in [0.25, 0.3) is 111 Å². The molecule has 0 unspecified atom stereocenters. The molecule has 56 heavy (non-hydrogen) atoms. The SMILES string of the molecule is c1ccc(-c2nc(-c3ccccc3)nc(-c3ccc4c(c3)oc3ccc(-c5cccc(-c6ccc7c(c6)oc6ccccc67)c5-c5ccccc5)cc34)n2)cc1. The van der Waals surface area contributed by atoms with E-state index in [2.05, 4.69) is 109 Å². The normalized spacial score (nSPS) is 11.6. The van der Waals surface area contributed by atoms with E-state index in [1.807, 2.05) is 78.9 Å². The standard InChI is InChI=1S/C51H31N3O2/c1-4-13-32(14-5-1)48-38(20-12-21-39(48)36-23-26-41-40-19-10-11-22-44(40)55-46(41)30-36)35-25-28-45-43(29-35)42-27-24-37(31-47(42)56-45)51-53-49(33-15-6-2-7-16-33)52-50(54-51)34-17-8-3-9-18-34/h1-31H. The molecule has 3 aromatic heterocycles. The van der Waals surface area contributed by atoms with Crippen LogP contribution in [0.1, 0.15) is 0 Å². The Labute approximate surface area is 322 Å². The number of hydrogen-bond acceptors (Lipinski definition) is 5. The smallest absolute Gasteiger partial charge is 0.164 e. The summed E-state index contributed by atoms with van der Waals surface area (Å²) in [5, 5.41) is 4.31. The highest BCUT2D eigenvalue weighted by molar-refractivity contribution is 6.09. The van der Waals surface area contributed by atoms with E-state index < -0.39 is 0 Å². The number of benzene rings is 8.